The van der Waals surface area contributed by atoms with Gasteiger partial charge in [-0.05, 0) is 81.2 Å². The minimum Gasteiger partial charge on any atom is -0.435 e. The Morgan fingerprint density at radius 1 is 0.490 bits per heavy atom. The highest BCUT2D eigenvalue weighted by atomic mass is 16.4. The molecule has 0 radical (unpaired) electrons. The Kier molecular flexibility index (Phi) is 5.92. The summed E-state index contributed by atoms with van der Waals surface area (Å²) in [4.78, 5) is 7.47. The Bertz CT molecular complexity index is 2540. The van der Waals surface area contributed by atoms with E-state index in [1.807, 2.05) is 0 Å². The van der Waals surface area contributed by atoms with Gasteiger partial charge in [0.15, 0.2) is 5.76 Å². The zero-order chi connectivity index (χ0) is 32.7. The molecule has 0 bridgehead atoms. The van der Waals surface area contributed by atoms with Crippen molar-refractivity contribution in [3.05, 3.63) is 169 Å². The van der Waals surface area contributed by atoms with Gasteiger partial charge in [-0.2, -0.15) is 0 Å². The summed E-state index contributed by atoms with van der Waals surface area (Å²) in [6.07, 6.45) is 0. The molecule has 0 N–H and O–H groups in total. The SMILES string of the molecule is CC1(C)c2ccccc2-c2ccc(N(c3cccc(-c4ccccc4)c3)c3cccc(-c4nc5c(o4)-c4cccc6cccc-5c46)c3)cc21. The van der Waals surface area contributed by atoms with Crippen molar-refractivity contribution in [2.45, 2.75) is 19.3 Å². The van der Waals surface area contributed by atoms with Crippen LogP contribution in [0.15, 0.2) is 162 Å². The number of oxazole rings is 1. The van der Waals surface area contributed by atoms with Crippen molar-refractivity contribution in [2.75, 3.05) is 4.90 Å². The first-order valence-electron chi connectivity index (χ1n) is 16.9. The zero-order valence-electron chi connectivity index (χ0n) is 27.3. The van der Waals surface area contributed by atoms with Crippen LogP contribution in [0.3, 0.4) is 0 Å². The predicted octanol–water partition coefficient (Wildman–Crippen LogP) is 12.6. The summed E-state index contributed by atoms with van der Waals surface area (Å²) in [5.41, 5.74) is 14.9. The Balaban J connectivity index is 1.12. The highest BCUT2D eigenvalue weighted by Crippen LogP contribution is 2.51. The first-order valence-corrected chi connectivity index (χ1v) is 16.9. The Labute approximate surface area is 285 Å². The van der Waals surface area contributed by atoms with Gasteiger partial charge in [0, 0.05) is 44.6 Å². The number of rotatable bonds is 5. The molecular weight excluding hydrogens is 597 g/mol. The number of nitrogens with zero attached hydrogens (tertiary/aromatic N) is 2. The van der Waals surface area contributed by atoms with Crippen LogP contribution >= 0.6 is 0 Å². The molecule has 8 aromatic rings. The lowest BCUT2D eigenvalue weighted by atomic mass is 9.82. The van der Waals surface area contributed by atoms with Crippen LogP contribution in [0.1, 0.15) is 25.0 Å². The minimum absolute atomic E-state index is 0.112. The van der Waals surface area contributed by atoms with Gasteiger partial charge < -0.3 is 9.32 Å². The summed E-state index contributed by atoms with van der Waals surface area (Å²) in [5.74, 6) is 1.47. The topological polar surface area (TPSA) is 29.3 Å². The molecule has 7 aromatic carbocycles. The van der Waals surface area contributed by atoms with Crippen LogP contribution in [0, 0.1) is 0 Å². The summed E-state index contributed by atoms with van der Waals surface area (Å²) >= 11 is 0. The van der Waals surface area contributed by atoms with E-state index in [0.717, 1.165) is 45.2 Å². The van der Waals surface area contributed by atoms with Crippen LogP contribution < -0.4 is 4.90 Å². The summed E-state index contributed by atoms with van der Waals surface area (Å²) in [7, 11) is 0. The monoisotopic (exact) mass is 628 g/mol. The molecule has 0 saturated heterocycles. The van der Waals surface area contributed by atoms with Gasteiger partial charge in [0.05, 0.1) is 0 Å². The Morgan fingerprint density at radius 3 is 1.92 bits per heavy atom. The van der Waals surface area contributed by atoms with Crippen LogP contribution in [0.5, 0.6) is 0 Å². The summed E-state index contributed by atoms with van der Waals surface area (Å²) in [5, 5.41) is 2.43. The van der Waals surface area contributed by atoms with Crippen molar-refractivity contribution < 1.29 is 4.42 Å². The van der Waals surface area contributed by atoms with Crippen LogP contribution in [0.2, 0.25) is 0 Å². The van der Waals surface area contributed by atoms with Gasteiger partial charge >= 0.3 is 0 Å². The molecule has 10 rings (SSSR count). The lowest BCUT2D eigenvalue weighted by Crippen LogP contribution is -2.16. The number of hydrogen-bond acceptors (Lipinski definition) is 3. The first kappa shape index (κ1) is 27.9. The quantitative estimate of drug-likeness (QED) is 0.190. The van der Waals surface area contributed by atoms with Crippen molar-refractivity contribution in [3.8, 4) is 56.3 Å². The second kappa shape index (κ2) is 10.4. The maximum Gasteiger partial charge on any atom is 0.227 e. The molecule has 3 heteroatoms. The fourth-order valence-electron chi connectivity index (χ4n) is 8.05. The van der Waals surface area contributed by atoms with Crippen LogP contribution in [0.4, 0.5) is 17.1 Å². The third-order valence-electron chi connectivity index (χ3n) is 10.4. The second-order valence-electron chi connectivity index (χ2n) is 13.6. The van der Waals surface area contributed by atoms with Gasteiger partial charge in [0.1, 0.15) is 5.69 Å². The average Bonchev–Trinajstić information content (AvgIpc) is 3.79. The zero-order valence-corrected chi connectivity index (χ0v) is 27.3. The second-order valence-corrected chi connectivity index (χ2v) is 13.6. The first-order chi connectivity index (χ1) is 24.0. The maximum atomic E-state index is 6.60. The third-order valence-corrected chi connectivity index (χ3v) is 10.4. The third kappa shape index (κ3) is 4.19. The summed E-state index contributed by atoms with van der Waals surface area (Å²) in [6, 6.07) is 56.5. The van der Waals surface area contributed by atoms with Crippen LogP contribution in [0.25, 0.3) is 67.1 Å². The number of fused-ring (bicyclic) bond motifs is 6. The fourth-order valence-corrected chi connectivity index (χ4v) is 8.05. The van der Waals surface area contributed by atoms with Gasteiger partial charge in [-0.15, -0.1) is 0 Å². The normalized spacial score (nSPS) is 13.3. The highest BCUT2D eigenvalue weighted by molar-refractivity contribution is 6.13. The Hall–Kier alpha value is -6.19. The smallest absolute Gasteiger partial charge is 0.227 e. The molecule has 3 nitrogen and oxygen atoms in total. The number of hydrogen-bond donors (Lipinski definition) is 0. The summed E-state index contributed by atoms with van der Waals surface area (Å²) < 4.78 is 6.60. The van der Waals surface area contributed by atoms with E-state index in [1.54, 1.807) is 0 Å². The van der Waals surface area contributed by atoms with E-state index in [-0.39, 0.29) is 5.41 Å². The standard InChI is InChI=1S/C46H32N2O/c1-46(2)40-23-7-6-20-36(40)37-25-24-35(28-41(37)46)48(33-18-8-16-31(26-33)29-12-4-3-5-13-29)34-19-9-17-32(27-34)45-47-43-38-21-10-14-30-15-11-22-39(42(30)38)44(43)49-45/h3-28H,1-2H3. The molecule has 0 amide bonds. The number of benzene rings is 7. The lowest BCUT2D eigenvalue weighted by Gasteiger charge is -2.28. The predicted molar refractivity (Wildman–Crippen MR) is 202 cm³/mol. The van der Waals surface area contributed by atoms with Crippen molar-refractivity contribution in [2.24, 2.45) is 0 Å². The lowest BCUT2D eigenvalue weighted by molar-refractivity contribution is 0.590. The molecule has 0 aliphatic heterocycles. The van der Waals surface area contributed by atoms with Crippen LogP contribution in [-0.2, 0) is 5.41 Å². The van der Waals surface area contributed by atoms with E-state index >= 15 is 0 Å². The summed E-state index contributed by atoms with van der Waals surface area (Å²) in [6.45, 7) is 4.67. The molecule has 49 heavy (non-hydrogen) atoms. The molecule has 0 saturated carbocycles. The van der Waals surface area contributed by atoms with Crippen molar-refractivity contribution in [1.82, 2.24) is 4.98 Å². The minimum atomic E-state index is -0.112. The molecule has 1 aromatic heterocycles. The van der Waals surface area contributed by atoms with Crippen molar-refractivity contribution in [1.29, 1.82) is 0 Å². The average molecular weight is 629 g/mol. The van der Waals surface area contributed by atoms with Gasteiger partial charge in [0.2, 0.25) is 5.89 Å². The van der Waals surface area contributed by atoms with E-state index in [1.165, 1.54) is 44.2 Å². The van der Waals surface area contributed by atoms with Gasteiger partial charge in [-0.25, -0.2) is 4.98 Å². The fraction of sp³-hybridized carbons (Fsp3) is 0.0652. The largest absolute Gasteiger partial charge is 0.435 e. The van der Waals surface area contributed by atoms with Crippen molar-refractivity contribution in [3.63, 3.8) is 0 Å². The molecule has 0 unspecified atom stereocenters. The van der Waals surface area contributed by atoms with E-state index < -0.39 is 0 Å². The van der Waals surface area contributed by atoms with E-state index in [9.17, 15) is 0 Å². The Morgan fingerprint density at radius 2 is 1.10 bits per heavy atom. The maximum absolute atomic E-state index is 6.60. The van der Waals surface area contributed by atoms with E-state index in [4.69, 9.17) is 9.40 Å². The molecule has 0 spiro atoms. The number of aromatic nitrogens is 1. The molecule has 232 valence electrons. The van der Waals surface area contributed by atoms with Crippen molar-refractivity contribution >= 4 is 27.8 Å². The molecule has 0 atom stereocenters. The molecule has 2 aliphatic carbocycles. The van der Waals surface area contributed by atoms with E-state index in [2.05, 4.69) is 176 Å². The van der Waals surface area contributed by atoms with Gasteiger partial charge in [0.25, 0.3) is 0 Å². The highest BCUT2D eigenvalue weighted by Gasteiger charge is 2.36. The molecule has 1 heterocycles. The van der Waals surface area contributed by atoms with Gasteiger partial charge in [-0.3, -0.25) is 0 Å². The molecular formula is C46H32N2O. The number of anilines is 3. The van der Waals surface area contributed by atoms with Gasteiger partial charge in [-0.1, -0.05) is 129 Å². The van der Waals surface area contributed by atoms with Crippen LogP contribution in [-0.4, -0.2) is 4.98 Å². The van der Waals surface area contributed by atoms with E-state index in [0.29, 0.717) is 5.89 Å². The molecule has 2 aliphatic rings. The molecule has 0 fully saturated rings.